The van der Waals surface area contributed by atoms with E-state index >= 15 is 0 Å². The number of hydrogen-bond acceptors (Lipinski definition) is 3. The van der Waals surface area contributed by atoms with Crippen LogP contribution in [0.2, 0.25) is 0 Å². The molecule has 0 radical (unpaired) electrons. The Morgan fingerprint density at radius 3 is 2.28 bits per heavy atom. The molecule has 3 rings (SSSR count). The third-order valence-corrected chi connectivity index (χ3v) is 5.45. The number of fused-ring (bicyclic) bond motifs is 1. The summed E-state index contributed by atoms with van der Waals surface area (Å²) in [4.78, 5) is 12.2. The van der Waals surface area contributed by atoms with Crippen molar-refractivity contribution in [3.05, 3.63) is 64.7 Å². The van der Waals surface area contributed by atoms with Crippen LogP contribution in [-0.2, 0) is 40.6 Å². The fraction of sp³-hybridized carbons (Fsp3) is 0.316. The molecule has 6 heteroatoms. The number of aryl methyl sites for hydroxylation is 2. The molecular weight excluding hydrogens is 336 g/mol. The minimum absolute atomic E-state index is 0.0497. The Morgan fingerprint density at radius 2 is 1.60 bits per heavy atom. The van der Waals surface area contributed by atoms with E-state index in [0.717, 1.165) is 24.0 Å². The molecule has 0 bridgehead atoms. The van der Waals surface area contributed by atoms with Gasteiger partial charge >= 0.3 is 0 Å². The van der Waals surface area contributed by atoms with Gasteiger partial charge in [0.2, 0.25) is 15.9 Å². The standard InChI is InChI=1S/C19H22N2O3S/c20-25(23,24)18-9-6-14(7-10-18)13-21-19(22)12-15-5-8-16-3-1-2-4-17(16)11-15/h5-11H,1-4,12-13H2,(H,21,22)(H2,20,23,24). The molecule has 0 saturated heterocycles. The highest BCUT2D eigenvalue weighted by atomic mass is 32.2. The van der Waals surface area contributed by atoms with Gasteiger partial charge in [-0.3, -0.25) is 4.79 Å². The van der Waals surface area contributed by atoms with Crippen LogP contribution in [0.4, 0.5) is 0 Å². The summed E-state index contributed by atoms with van der Waals surface area (Å²) in [6.07, 6.45) is 5.05. The maximum Gasteiger partial charge on any atom is 0.238 e. The summed E-state index contributed by atoms with van der Waals surface area (Å²) < 4.78 is 22.4. The number of primary sulfonamides is 1. The Kier molecular flexibility index (Phi) is 5.20. The zero-order valence-corrected chi connectivity index (χ0v) is 14.8. The highest BCUT2D eigenvalue weighted by molar-refractivity contribution is 7.89. The normalized spacial score (nSPS) is 14.0. The number of nitrogens with two attached hydrogens (primary N) is 1. The van der Waals surface area contributed by atoms with E-state index in [1.54, 1.807) is 12.1 Å². The first-order valence-electron chi connectivity index (χ1n) is 8.41. The van der Waals surface area contributed by atoms with Gasteiger partial charge in [-0.25, -0.2) is 13.6 Å². The number of hydrogen-bond donors (Lipinski definition) is 2. The molecule has 3 N–H and O–H groups in total. The molecule has 2 aromatic carbocycles. The number of amides is 1. The summed E-state index contributed by atoms with van der Waals surface area (Å²) in [7, 11) is -3.69. The molecule has 0 atom stereocenters. The summed E-state index contributed by atoms with van der Waals surface area (Å²) in [6, 6.07) is 12.5. The van der Waals surface area contributed by atoms with Crippen LogP contribution >= 0.6 is 0 Å². The smallest absolute Gasteiger partial charge is 0.238 e. The maximum atomic E-state index is 12.2. The molecule has 1 aliphatic carbocycles. The lowest BCUT2D eigenvalue weighted by Gasteiger charge is -2.16. The molecular formula is C19H22N2O3S. The van der Waals surface area contributed by atoms with Gasteiger partial charge < -0.3 is 5.32 Å². The highest BCUT2D eigenvalue weighted by Crippen LogP contribution is 2.22. The van der Waals surface area contributed by atoms with E-state index in [0.29, 0.717) is 13.0 Å². The Hall–Kier alpha value is -2.18. The number of rotatable bonds is 5. The van der Waals surface area contributed by atoms with Crippen LogP contribution in [0.5, 0.6) is 0 Å². The van der Waals surface area contributed by atoms with E-state index in [4.69, 9.17) is 5.14 Å². The van der Waals surface area contributed by atoms with E-state index in [1.165, 1.54) is 36.1 Å². The maximum absolute atomic E-state index is 12.2. The molecule has 132 valence electrons. The van der Waals surface area contributed by atoms with Gasteiger partial charge in [-0.15, -0.1) is 0 Å². The summed E-state index contributed by atoms with van der Waals surface area (Å²) in [5.41, 5.74) is 4.63. The van der Waals surface area contributed by atoms with Gasteiger partial charge in [0.25, 0.3) is 0 Å². The van der Waals surface area contributed by atoms with Gasteiger partial charge in [0.1, 0.15) is 0 Å². The van der Waals surface area contributed by atoms with Crippen molar-refractivity contribution in [2.24, 2.45) is 5.14 Å². The molecule has 1 aliphatic rings. The SMILES string of the molecule is NS(=O)(=O)c1ccc(CNC(=O)Cc2ccc3c(c2)CCCC3)cc1. The van der Waals surface area contributed by atoms with Gasteiger partial charge in [0, 0.05) is 6.54 Å². The first-order chi connectivity index (χ1) is 11.9. The Bertz CT molecular complexity index is 874. The summed E-state index contributed by atoms with van der Waals surface area (Å²) in [5.74, 6) is -0.0497. The number of carbonyl (C=O) groups is 1. The molecule has 0 aliphatic heterocycles. The molecule has 0 unspecified atom stereocenters. The predicted octanol–water partition coefficient (Wildman–Crippen LogP) is 2.07. The van der Waals surface area contributed by atoms with Gasteiger partial charge in [0.05, 0.1) is 11.3 Å². The Morgan fingerprint density at radius 1 is 0.960 bits per heavy atom. The van der Waals surface area contributed by atoms with Crippen molar-refractivity contribution in [3.8, 4) is 0 Å². The van der Waals surface area contributed by atoms with E-state index in [2.05, 4.69) is 17.4 Å². The fourth-order valence-corrected chi connectivity index (χ4v) is 3.66. The van der Waals surface area contributed by atoms with Gasteiger partial charge in [-0.05, 0) is 60.1 Å². The number of carbonyl (C=O) groups excluding carboxylic acids is 1. The van der Waals surface area contributed by atoms with E-state index in [9.17, 15) is 13.2 Å². The molecule has 0 fully saturated rings. The van der Waals surface area contributed by atoms with Crippen LogP contribution in [0.15, 0.2) is 47.4 Å². The second-order valence-corrected chi connectivity index (χ2v) is 8.01. The second-order valence-electron chi connectivity index (χ2n) is 6.45. The first-order valence-corrected chi connectivity index (χ1v) is 9.95. The van der Waals surface area contributed by atoms with Crippen molar-refractivity contribution in [2.75, 3.05) is 0 Å². The van der Waals surface area contributed by atoms with Crippen molar-refractivity contribution in [1.82, 2.24) is 5.32 Å². The van der Waals surface area contributed by atoms with Crippen molar-refractivity contribution in [1.29, 1.82) is 0 Å². The summed E-state index contributed by atoms with van der Waals surface area (Å²) >= 11 is 0. The van der Waals surface area contributed by atoms with E-state index in [-0.39, 0.29) is 10.8 Å². The van der Waals surface area contributed by atoms with Crippen molar-refractivity contribution < 1.29 is 13.2 Å². The largest absolute Gasteiger partial charge is 0.352 e. The molecule has 0 saturated carbocycles. The zero-order valence-electron chi connectivity index (χ0n) is 14.0. The molecule has 5 nitrogen and oxygen atoms in total. The lowest BCUT2D eigenvalue weighted by molar-refractivity contribution is -0.120. The lowest BCUT2D eigenvalue weighted by Crippen LogP contribution is -2.24. The van der Waals surface area contributed by atoms with Crippen LogP contribution < -0.4 is 10.5 Å². The number of sulfonamides is 1. The van der Waals surface area contributed by atoms with Crippen LogP contribution in [0.1, 0.15) is 35.1 Å². The molecule has 0 spiro atoms. The van der Waals surface area contributed by atoms with Crippen molar-refractivity contribution >= 4 is 15.9 Å². The molecule has 2 aromatic rings. The summed E-state index contributed by atoms with van der Waals surface area (Å²) in [6.45, 7) is 0.356. The average Bonchev–Trinajstić information content (AvgIpc) is 2.59. The quantitative estimate of drug-likeness (QED) is 0.857. The molecule has 0 heterocycles. The average molecular weight is 358 g/mol. The summed E-state index contributed by atoms with van der Waals surface area (Å²) in [5, 5.41) is 7.93. The van der Waals surface area contributed by atoms with Crippen molar-refractivity contribution in [2.45, 2.75) is 43.5 Å². The predicted molar refractivity (Wildman–Crippen MR) is 96.4 cm³/mol. The van der Waals surface area contributed by atoms with Crippen LogP contribution in [0.3, 0.4) is 0 Å². The number of benzene rings is 2. The van der Waals surface area contributed by atoms with Crippen LogP contribution in [-0.4, -0.2) is 14.3 Å². The topological polar surface area (TPSA) is 89.3 Å². The van der Waals surface area contributed by atoms with Crippen LogP contribution in [0, 0.1) is 0 Å². The highest BCUT2D eigenvalue weighted by Gasteiger charge is 2.11. The third kappa shape index (κ3) is 4.67. The Balaban J connectivity index is 1.56. The fourth-order valence-electron chi connectivity index (χ4n) is 3.14. The Labute approximate surface area is 148 Å². The molecule has 0 aromatic heterocycles. The van der Waals surface area contributed by atoms with Crippen molar-refractivity contribution in [3.63, 3.8) is 0 Å². The minimum Gasteiger partial charge on any atom is -0.352 e. The van der Waals surface area contributed by atoms with Gasteiger partial charge in [-0.1, -0.05) is 30.3 Å². The zero-order chi connectivity index (χ0) is 17.9. The van der Waals surface area contributed by atoms with Gasteiger partial charge in [-0.2, -0.15) is 0 Å². The molecule has 25 heavy (non-hydrogen) atoms. The molecule has 1 amide bonds. The van der Waals surface area contributed by atoms with E-state index < -0.39 is 10.0 Å². The van der Waals surface area contributed by atoms with Gasteiger partial charge in [0.15, 0.2) is 0 Å². The third-order valence-electron chi connectivity index (χ3n) is 4.52. The monoisotopic (exact) mass is 358 g/mol. The first kappa shape index (κ1) is 17.6. The lowest BCUT2D eigenvalue weighted by atomic mass is 9.90. The number of nitrogens with one attached hydrogen (secondary N) is 1. The van der Waals surface area contributed by atoms with Crippen LogP contribution in [0.25, 0.3) is 0 Å². The van der Waals surface area contributed by atoms with E-state index in [1.807, 2.05) is 6.07 Å². The second kappa shape index (κ2) is 7.37. The minimum atomic E-state index is -3.69.